The molecule has 4 rings (SSSR count). The molecule has 1 fully saturated rings. The molecule has 106 valence electrons. The Kier molecular flexibility index (Phi) is 3.37. The van der Waals surface area contributed by atoms with Gasteiger partial charge in [0.1, 0.15) is 5.01 Å². The zero-order chi connectivity index (χ0) is 14.2. The lowest BCUT2D eigenvalue weighted by atomic mass is 10.1. The SMILES string of the molecule is Clc1ccc(-c2ncc(CNC3CC3)s2)c2ncccc12. The zero-order valence-electron chi connectivity index (χ0n) is 11.3. The zero-order valence-corrected chi connectivity index (χ0v) is 12.9. The van der Waals surface area contributed by atoms with Gasteiger partial charge in [0.25, 0.3) is 0 Å². The van der Waals surface area contributed by atoms with E-state index in [-0.39, 0.29) is 0 Å². The van der Waals surface area contributed by atoms with Crippen LogP contribution in [0.5, 0.6) is 0 Å². The molecular weight excluding hydrogens is 302 g/mol. The molecule has 1 N–H and O–H groups in total. The van der Waals surface area contributed by atoms with Crippen molar-refractivity contribution in [3.63, 3.8) is 0 Å². The largest absolute Gasteiger partial charge is 0.309 e. The Morgan fingerprint density at radius 2 is 2.14 bits per heavy atom. The number of halogens is 1. The maximum Gasteiger partial charge on any atom is 0.125 e. The highest BCUT2D eigenvalue weighted by Crippen LogP contribution is 2.34. The van der Waals surface area contributed by atoms with Crippen LogP contribution >= 0.6 is 22.9 Å². The summed E-state index contributed by atoms with van der Waals surface area (Å²) in [6.07, 6.45) is 6.36. The van der Waals surface area contributed by atoms with Crippen LogP contribution in [0.25, 0.3) is 21.5 Å². The summed E-state index contributed by atoms with van der Waals surface area (Å²) < 4.78 is 0. The summed E-state index contributed by atoms with van der Waals surface area (Å²) >= 11 is 7.97. The van der Waals surface area contributed by atoms with Crippen LogP contribution < -0.4 is 5.32 Å². The monoisotopic (exact) mass is 315 g/mol. The van der Waals surface area contributed by atoms with Crippen LogP contribution in [0.3, 0.4) is 0 Å². The highest BCUT2D eigenvalue weighted by Gasteiger charge is 2.20. The smallest absolute Gasteiger partial charge is 0.125 e. The third kappa shape index (κ3) is 2.67. The van der Waals surface area contributed by atoms with E-state index >= 15 is 0 Å². The van der Waals surface area contributed by atoms with E-state index in [2.05, 4.69) is 15.3 Å². The van der Waals surface area contributed by atoms with Crippen LogP contribution in [-0.2, 0) is 6.54 Å². The number of nitrogens with one attached hydrogen (secondary N) is 1. The van der Waals surface area contributed by atoms with Gasteiger partial charge in [-0.15, -0.1) is 11.3 Å². The molecule has 3 nitrogen and oxygen atoms in total. The topological polar surface area (TPSA) is 37.8 Å². The van der Waals surface area contributed by atoms with Crippen LogP contribution in [-0.4, -0.2) is 16.0 Å². The van der Waals surface area contributed by atoms with Gasteiger partial charge in [-0.1, -0.05) is 11.6 Å². The summed E-state index contributed by atoms with van der Waals surface area (Å²) in [7, 11) is 0. The van der Waals surface area contributed by atoms with Crippen molar-refractivity contribution in [2.75, 3.05) is 0 Å². The van der Waals surface area contributed by atoms with Gasteiger partial charge in [0.2, 0.25) is 0 Å². The predicted molar refractivity (Wildman–Crippen MR) is 87.7 cm³/mol. The van der Waals surface area contributed by atoms with Gasteiger partial charge in [-0.2, -0.15) is 0 Å². The van der Waals surface area contributed by atoms with Gasteiger partial charge in [-0.25, -0.2) is 4.98 Å². The highest BCUT2D eigenvalue weighted by molar-refractivity contribution is 7.15. The molecule has 1 aliphatic carbocycles. The Bertz CT molecular complexity index is 795. The first-order chi connectivity index (χ1) is 10.3. The summed E-state index contributed by atoms with van der Waals surface area (Å²) in [6, 6.07) is 8.55. The molecule has 5 heteroatoms. The first-order valence-corrected chi connectivity index (χ1v) is 8.22. The maximum absolute atomic E-state index is 6.25. The minimum absolute atomic E-state index is 0.716. The van der Waals surface area contributed by atoms with Gasteiger partial charge in [0, 0.05) is 40.8 Å². The molecule has 21 heavy (non-hydrogen) atoms. The Labute approximate surface area is 132 Å². The summed E-state index contributed by atoms with van der Waals surface area (Å²) in [4.78, 5) is 10.3. The van der Waals surface area contributed by atoms with Crippen molar-refractivity contribution >= 4 is 33.8 Å². The lowest BCUT2D eigenvalue weighted by molar-refractivity contribution is 0.694. The number of nitrogens with zero attached hydrogens (tertiary/aromatic N) is 2. The molecule has 1 aliphatic rings. The summed E-state index contributed by atoms with van der Waals surface area (Å²) in [5.41, 5.74) is 1.97. The van der Waals surface area contributed by atoms with Crippen molar-refractivity contribution in [1.29, 1.82) is 0 Å². The number of hydrogen-bond donors (Lipinski definition) is 1. The lowest BCUT2D eigenvalue weighted by Gasteiger charge is -2.04. The lowest BCUT2D eigenvalue weighted by Crippen LogP contribution is -2.14. The molecular formula is C16H14ClN3S. The Balaban J connectivity index is 1.70. The standard InChI is InChI=1S/C16H14ClN3S/c17-14-6-5-13(15-12(14)2-1-7-18-15)16-20-9-11(21-16)8-19-10-3-4-10/h1-2,5-7,9-10,19H,3-4,8H2. The molecule has 0 saturated heterocycles. The first-order valence-electron chi connectivity index (χ1n) is 7.03. The fourth-order valence-corrected chi connectivity index (χ4v) is 3.46. The number of pyridine rings is 1. The van der Waals surface area contributed by atoms with E-state index in [0.29, 0.717) is 6.04 Å². The number of benzene rings is 1. The van der Waals surface area contributed by atoms with Crippen LogP contribution in [0.4, 0.5) is 0 Å². The Hall–Kier alpha value is -1.49. The third-order valence-electron chi connectivity index (χ3n) is 3.64. The van der Waals surface area contributed by atoms with Crippen molar-refractivity contribution in [3.8, 4) is 10.6 Å². The molecule has 2 aromatic heterocycles. The molecule has 0 amide bonds. The molecule has 0 radical (unpaired) electrons. The number of fused-ring (bicyclic) bond motifs is 1. The molecule has 0 aliphatic heterocycles. The van der Waals surface area contributed by atoms with E-state index in [1.807, 2.05) is 30.5 Å². The normalized spacial score (nSPS) is 14.7. The van der Waals surface area contributed by atoms with E-state index in [9.17, 15) is 0 Å². The van der Waals surface area contributed by atoms with Gasteiger partial charge < -0.3 is 5.32 Å². The van der Waals surface area contributed by atoms with Crippen LogP contribution in [0.2, 0.25) is 5.02 Å². The molecule has 1 aromatic carbocycles. The molecule has 0 atom stereocenters. The molecule has 1 saturated carbocycles. The average molecular weight is 316 g/mol. The van der Waals surface area contributed by atoms with Gasteiger partial charge in [0.05, 0.1) is 10.5 Å². The van der Waals surface area contributed by atoms with Gasteiger partial charge in [-0.05, 0) is 37.1 Å². The number of hydrogen-bond acceptors (Lipinski definition) is 4. The van der Waals surface area contributed by atoms with Crippen molar-refractivity contribution in [2.24, 2.45) is 0 Å². The molecule has 0 unspecified atom stereocenters. The highest BCUT2D eigenvalue weighted by atomic mass is 35.5. The summed E-state index contributed by atoms with van der Waals surface area (Å²) in [5.74, 6) is 0. The van der Waals surface area contributed by atoms with Crippen molar-refractivity contribution in [2.45, 2.75) is 25.4 Å². The average Bonchev–Trinajstić information content (AvgIpc) is 3.23. The van der Waals surface area contributed by atoms with E-state index in [1.54, 1.807) is 17.5 Å². The number of aromatic nitrogens is 2. The number of rotatable bonds is 4. The van der Waals surface area contributed by atoms with Crippen LogP contribution in [0.1, 0.15) is 17.7 Å². The van der Waals surface area contributed by atoms with E-state index in [0.717, 1.165) is 33.0 Å². The van der Waals surface area contributed by atoms with Gasteiger partial charge >= 0.3 is 0 Å². The molecule has 0 bridgehead atoms. The Morgan fingerprint density at radius 3 is 3.00 bits per heavy atom. The van der Waals surface area contributed by atoms with Crippen LogP contribution in [0.15, 0.2) is 36.7 Å². The van der Waals surface area contributed by atoms with Gasteiger partial charge in [-0.3, -0.25) is 4.98 Å². The Morgan fingerprint density at radius 1 is 1.24 bits per heavy atom. The third-order valence-corrected chi connectivity index (χ3v) is 5.00. The minimum atomic E-state index is 0.716. The van der Waals surface area contributed by atoms with Crippen LogP contribution in [0, 0.1) is 0 Å². The van der Waals surface area contributed by atoms with E-state index in [4.69, 9.17) is 11.6 Å². The predicted octanol–water partition coefficient (Wildman–Crippen LogP) is 4.26. The van der Waals surface area contributed by atoms with Crippen molar-refractivity contribution in [3.05, 3.63) is 46.6 Å². The van der Waals surface area contributed by atoms with Crippen molar-refractivity contribution < 1.29 is 0 Å². The molecule has 2 heterocycles. The maximum atomic E-state index is 6.25. The van der Waals surface area contributed by atoms with E-state index in [1.165, 1.54) is 17.7 Å². The number of thiazole rings is 1. The second-order valence-corrected chi connectivity index (χ2v) is 6.80. The fourth-order valence-electron chi connectivity index (χ4n) is 2.36. The quantitative estimate of drug-likeness (QED) is 0.781. The second-order valence-electron chi connectivity index (χ2n) is 5.28. The minimum Gasteiger partial charge on any atom is -0.309 e. The molecule has 0 spiro atoms. The van der Waals surface area contributed by atoms with E-state index < -0.39 is 0 Å². The van der Waals surface area contributed by atoms with Gasteiger partial charge in [0.15, 0.2) is 0 Å². The summed E-state index contributed by atoms with van der Waals surface area (Å²) in [5, 5.41) is 6.23. The van der Waals surface area contributed by atoms with Crippen molar-refractivity contribution in [1.82, 2.24) is 15.3 Å². The summed E-state index contributed by atoms with van der Waals surface area (Å²) in [6.45, 7) is 0.904. The molecule has 3 aromatic rings. The second kappa shape index (κ2) is 5.37. The fraction of sp³-hybridized carbons (Fsp3) is 0.250. The first kappa shape index (κ1) is 13.2.